The molecule has 0 bridgehead atoms. The maximum Gasteiger partial charge on any atom is 0.328 e. The Morgan fingerprint density at radius 1 is 1.47 bits per heavy atom. The molecular formula is C10H18N2O3. The summed E-state index contributed by atoms with van der Waals surface area (Å²) in [7, 11) is 1.32. The molecule has 86 valence electrons. The number of ether oxygens (including phenoxy) is 1. The molecule has 1 aliphatic rings. The van der Waals surface area contributed by atoms with E-state index in [-0.39, 0.29) is 17.9 Å². The minimum atomic E-state index is -0.551. The molecule has 1 rings (SSSR count). The number of carbonyl (C=O) groups is 2. The summed E-state index contributed by atoms with van der Waals surface area (Å²) >= 11 is 0. The van der Waals surface area contributed by atoms with E-state index in [4.69, 9.17) is 0 Å². The monoisotopic (exact) mass is 214 g/mol. The van der Waals surface area contributed by atoms with Crippen LogP contribution in [-0.4, -0.2) is 37.6 Å². The second-order valence-corrected chi connectivity index (χ2v) is 4.05. The fraction of sp³-hybridized carbons (Fsp3) is 0.800. The molecule has 1 aliphatic heterocycles. The first-order valence-electron chi connectivity index (χ1n) is 5.18. The van der Waals surface area contributed by atoms with Gasteiger partial charge in [0.1, 0.15) is 6.04 Å². The van der Waals surface area contributed by atoms with Crippen LogP contribution in [0.4, 0.5) is 0 Å². The highest BCUT2D eigenvalue weighted by atomic mass is 16.5. The Bertz CT molecular complexity index is 249. The number of nitrogens with one attached hydrogen (secondary N) is 2. The number of rotatable bonds is 4. The van der Waals surface area contributed by atoms with Crippen LogP contribution in [0.2, 0.25) is 0 Å². The van der Waals surface area contributed by atoms with Crippen molar-refractivity contribution in [3.05, 3.63) is 0 Å². The molecule has 1 saturated heterocycles. The molecule has 1 fully saturated rings. The van der Waals surface area contributed by atoms with Gasteiger partial charge in [0.15, 0.2) is 0 Å². The van der Waals surface area contributed by atoms with Crippen LogP contribution in [0.25, 0.3) is 0 Å². The van der Waals surface area contributed by atoms with Crippen molar-refractivity contribution in [2.24, 2.45) is 5.92 Å². The van der Waals surface area contributed by atoms with Gasteiger partial charge in [0.2, 0.25) is 5.91 Å². The number of methoxy groups -OCH3 is 1. The number of hydrogen-bond donors (Lipinski definition) is 2. The Morgan fingerprint density at radius 2 is 2.07 bits per heavy atom. The maximum absolute atomic E-state index is 11.6. The van der Waals surface area contributed by atoms with Crippen LogP contribution >= 0.6 is 0 Å². The molecule has 0 aliphatic carbocycles. The van der Waals surface area contributed by atoms with Gasteiger partial charge in [0.05, 0.1) is 13.2 Å². The first kappa shape index (κ1) is 12.0. The van der Waals surface area contributed by atoms with Gasteiger partial charge in [-0.1, -0.05) is 13.8 Å². The summed E-state index contributed by atoms with van der Waals surface area (Å²) in [5.74, 6) is -0.482. The Morgan fingerprint density at radius 3 is 2.40 bits per heavy atom. The lowest BCUT2D eigenvalue weighted by Gasteiger charge is -2.29. The van der Waals surface area contributed by atoms with Crippen LogP contribution < -0.4 is 10.6 Å². The first-order valence-corrected chi connectivity index (χ1v) is 5.18. The molecule has 5 nitrogen and oxygen atoms in total. The van der Waals surface area contributed by atoms with Gasteiger partial charge in [0.25, 0.3) is 0 Å². The highest BCUT2D eigenvalue weighted by Gasteiger charge is 2.30. The van der Waals surface area contributed by atoms with E-state index in [1.807, 2.05) is 13.8 Å². The molecule has 0 saturated carbocycles. The van der Waals surface area contributed by atoms with Gasteiger partial charge in [-0.2, -0.15) is 0 Å². The number of esters is 1. The minimum Gasteiger partial charge on any atom is -0.467 e. The quantitative estimate of drug-likeness (QED) is 0.628. The zero-order valence-electron chi connectivity index (χ0n) is 9.37. The van der Waals surface area contributed by atoms with Crippen molar-refractivity contribution in [3.8, 4) is 0 Å². The average molecular weight is 214 g/mol. The van der Waals surface area contributed by atoms with E-state index in [1.165, 1.54) is 7.11 Å². The molecule has 0 spiro atoms. The standard InChI is InChI=1S/C10H18N2O3/c1-6(2)8(10(14)15-3)12-9(13)7-4-5-11-7/h6-8,11H,4-5H2,1-3H3,(H,12,13)/t7-,8?/m1/s1. The summed E-state index contributed by atoms with van der Waals surface area (Å²) in [5.41, 5.74) is 0. The third-order valence-electron chi connectivity index (χ3n) is 2.56. The van der Waals surface area contributed by atoms with Crippen LogP contribution in [0, 0.1) is 5.92 Å². The van der Waals surface area contributed by atoms with Crippen LogP contribution in [0.15, 0.2) is 0 Å². The summed E-state index contributed by atoms with van der Waals surface area (Å²) < 4.78 is 4.63. The fourth-order valence-electron chi connectivity index (χ4n) is 1.39. The number of amides is 1. The molecule has 0 radical (unpaired) electrons. The van der Waals surface area contributed by atoms with Crippen molar-refractivity contribution in [1.82, 2.24) is 10.6 Å². The first-order chi connectivity index (χ1) is 7.06. The van der Waals surface area contributed by atoms with Crippen molar-refractivity contribution >= 4 is 11.9 Å². The SMILES string of the molecule is COC(=O)C(NC(=O)[C@H]1CCN1)C(C)C. The lowest BCUT2D eigenvalue weighted by atomic mass is 10.0. The summed E-state index contributed by atoms with van der Waals surface area (Å²) in [6, 6.07) is -0.694. The van der Waals surface area contributed by atoms with Gasteiger partial charge >= 0.3 is 5.97 Å². The van der Waals surface area contributed by atoms with Gasteiger partial charge in [-0.3, -0.25) is 4.79 Å². The summed E-state index contributed by atoms with van der Waals surface area (Å²) in [5, 5.41) is 5.68. The van der Waals surface area contributed by atoms with Crippen LogP contribution in [-0.2, 0) is 14.3 Å². The van der Waals surface area contributed by atoms with E-state index in [0.29, 0.717) is 0 Å². The Labute approximate surface area is 89.6 Å². The molecule has 1 heterocycles. The van der Waals surface area contributed by atoms with Crippen LogP contribution in [0.1, 0.15) is 20.3 Å². The van der Waals surface area contributed by atoms with Crippen molar-refractivity contribution in [2.75, 3.05) is 13.7 Å². The highest BCUT2D eigenvalue weighted by Crippen LogP contribution is 2.07. The van der Waals surface area contributed by atoms with E-state index in [9.17, 15) is 9.59 Å². The molecule has 5 heteroatoms. The molecule has 0 aromatic carbocycles. The molecule has 0 aromatic rings. The Kier molecular flexibility index (Phi) is 4.08. The summed E-state index contributed by atoms with van der Waals surface area (Å²) in [6.07, 6.45) is 0.831. The largest absolute Gasteiger partial charge is 0.467 e. The van der Waals surface area contributed by atoms with Gasteiger partial charge in [-0.15, -0.1) is 0 Å². The summed E-state index contributed by atoms with van der Waals surface area (Å²) in [6.45, 7) is 4.61. The van der Waals surface area contributed by atoms with Crippen molar-refractivity contribution in [2.45, 2.75) is 32.4 Å². The van der Waals surface area contributed by atoms with Gasteiger partial charge in [-0.05, 0) is 18.9 Å². The second kappa shape index (κ2) is 5.11. The molecule has 1 unspecified atom stereocenters. The minimum absolute atomic E-state index is 0.0291. The Balaban J connectivity index is 2.49. The molecule has 15 heavy (non-hydrogen) atoms. The van der Waals surface area contributed by atoms with Gasteiger partial charge in [0, 0.05) is 0 Å². The van der Waals surface area contributed by atoms with Crippen molar-refractivity contribution < 1.29 is 14.3 Å². The second-order valence-electron chi connectivity index (χ2n) is 4.05. The van der Waals surface area contributed by atoms with Crippen molar-refractivity contribution in [3.63, 3.8) is 0 Å². The Hall–Kier alpha value is -1.10. The third kappa shape index (κ3) is 2.92. The number of hydrogen-bond acceptors (Lipinski definition) is 4. The molecule has 0 aromatic heterocycles. The molecule has 2 N–H and O–H groups in total. The van der Waals surface area contributed by atoms with E-state index in [1.54, 1.807) is 0 Å². The van der Waals surface area contributed by atoms with Crippen molar-refractivity contribution in [1.29, 1.82) is 0 Å². The molecule has 2 atom stereocenters. The fourth-order valence-corrected chi connectivity index (χ4v) is 1.39. The average Bonchev–Trinajstić information content (AvgIpc) is 2.09. The van der Waals surface area contributed by atoms with Gasteiger partial charge < -0.3 is 15.4 Å². The van der Waals surface area contributed by atoms with Crippen LogP contribution in [0.5, 0.6) is 0 Å². The number of carbonyl (C=O) groups excluding carboxylic acids is 2. The smallest absolute Gasteiger partial charge is 0.328 e. The normalized spacial score (nSPS) is 21.7. The van der Waals surface area contributed by atoms with Gasteiger partial charge in [-0.25, -0.2) is 4.79 Å². The topological polar surface area (TPSA) is 67.4 Å². The zero-order chi connectivity index (χ0) is 11.4. The third-order valence-corrected chi connectivity index (χ3v) is 2.56. The van der Waals surface area contributed by atoms with E-state index >= 15 is 0 Å². The maximum atomic E-state index is 11.6. The zero-order valence-corrected chi connectivity index (χ0v) is 9.37. The predicted molar refractivity (Wildman–Crippen MR) is 55.2 cm³/mol. The lowest BCUT2D eigenvalue weighted by molar-refractivity contribution is -0.146. The van der Waals surface area contributed by atoms with Crippen LogP contribution in [0.3, 0.4) is 0 Å². The van der Waals surface area contributed by atoms with E-state index in [2.05, 4.69) is 15.4 Å². The predicted octanol–water partition coefficient (Wildman–Crippen LogP) is -0.338. The molecular weight excluding hydrogens is 196 g/mol. The van der Waals surface area contributed by atoms with E-state index in [0.717, 1.165) is 13.0 Å². The molecule has 1 amide bonds. The van der Waals surface area contributed by atoms with E-state index < -0.39 is 12.0 Å². The highest BCUT2D eigenvalue weighted by molar-refractivity contribution is 5.88. The lowest BCUT2D eigenvalue weighted by Crippen LogP contribution is -2.57. The summed E-state index contributed by atoms with van der Waals surface area (Å²) in [4.78, 5) is 22.9.